The first kappa shape index (κ1) is 13.2. The molecule has 0 spiro atoms. The summed E-state index contributed by atoms with van der Waals surface area (Å²) in [7, 11) is 0. The fourth-order valence-corrected chi connectivity index (χ4v) is 2.19. The van der Waals surface area contributed by atoms with Crippen LogP contribution in [-0.4, -0.2) is 0 Å². The minimum Gasteiger partial charge on any atom is -0.320 e. The Hall–Kier alpha value is -0.900. The number of hydrogen-bond donors (Lipinski definition) is 1. The van der Waals surface area contributed by atoms with E-state index in [9.17, 15) is 4.39 Å². The summed E-state index contributed by atoms with van der Waals surface area (Å²) >= 11 is 1.59. The first-order chi connectivity index (χ1) is 7.18. The summed E-state index contributed by atoms with van der Waals surface area (Å²) in [6, 6.07) is 8.85. The molecule has 0 bridgehead atoms. The van der Waals surface area contributed by atoms with Gasteiger partial charge in [0, 0.05) is 4.88 Å². The van der Waals surface area contributed by atoms with E-state index in [-0.39, 0.29) is 24.3 Å². The van der Waals surface area contributed by atoms with Crippen LogP contribution in [0.3, 0.4) is 0 Å². The third kappa shape index (κ3) is 2.61. The molecule has 0 saturated heterocycles. The fraction of sp³-hybridized carbons (Fsp3) is 0.167. The van der Waals surface area contributed by atoms with E-state index in [0.29, 0.717) is 5.56 Å². The zero-order chi connectivity index (χ0) is 10.8. The smallest absolute Gasteiger partial charge is 0.126 e. The standard InChI is InChI=1S/C12H12FNS.ClH/c1-8-4-5-9(7-10(8)13)12(14)11-3-2-6-15-11;/h2-7,12H,14H2,1H3;1H/t12-;/m0./s1. The Morgan fingerprint density at radius 3 is 2.62 bits per heavy atom. The van der Waals surface area contributed by atoms with Gasteiger partial charge in [-0.2, -0.15) is 0 Å². The Morgan fingerprint density at radius 2 is 2.06 bits per heavy atom. The van der Waals surface area contributed by atoms with Crippen molar-refractivity contribution in [3.63, 3.8) is 0 Å². The number of benzene rings is 1. The maximum absolute atomic E-state index is 13.3. The predicted octanol–water partition coefficient (Wildman–Crippen LogP) is 3.67. The van der Waals surface area contributed by atoms with Gasteiger partial charge < -0.3 is 5.73 Å². The first-order valence-corrected chi connectivity index (χ1v) is 5.61. The number of rotatable bonds is 2. The number of nitrogens with two attached hydrogens (primary N) is 1. The van der Waals surface area contributed by atoms with Gasteiger partial charge in [-0.25, -0.2) is 4.39 Å². The third-order valence-electron chi connectivity index (χ3n) is 2.40. The van der Waals surface area contributed by atoms with E-state index in [1.54, 1.807) is 24.3 Å². The zero-order valence-corrected chi connectivity index (χ0v) is 10.4. The molecule has 1 atom stereocenters. The molecule has 0 unspecified atom stereocenters. The highest BCUT2D eigenvalue weighted by Crippen LogP contribution is 2.24. The van der Waals surface area contributed by atoms with Crippen molar-refractivity contribution in [2.75, 3.05) is 0 Å². The molecule has 2 aromatic rings. The molecule has 1 heterocycles. The Morgan fingerprint density at radius 1 is 1.31 bits per heavy atom. The van der Waals surface area contributed by atoms with Crippen molar-refractivity contribution in [1.29, 1.82) is 0 Å². The molecule has 0 aliphatic carbocycles. The minimum atomic E-state index is -0.222. The Labute approximate surface area is 105 Å². The van der Waals surface area contributed by atoms with Gasteiger partial charge in [0.2, 0.25) is 0 Å². The molecular formula is C12H13ClFNS. The highest BCUT2D eigenvalue weighted by molar-refractivity contribution is 7.10. The van der Waals surface area contributed by atoms with Crippen LogP contribution in [0.25, 0.3) is 0 Å². The Balaban J connectivity index is 0.00000128. The largest absolute Gasteiger partial charge is 0.320 e. The lowest BCUT2D eigenvalue weighted by atomic mass is 10.0. The molecule has 2 N–H and O–H groups in total. The molecule has 0 saturated carbocycles. The second-order valence-electron chi connectivity index (χ2n) is 3.50. The van der Waals surface area contributed by atoms with E-state index in [2.05, 4.69) is 0 Å². The number of aryl methyl sites for hydroxylation is 1. The van der Waals surface area contributed by atoms with Crippen molar-refractivity contribution in [2.24, 2.45) is 5.73 Å². The number of halogens is 2. The van der Waals surface area contributed by atoms with Crippen LogP contribution in [0.5, 0.6) is 0 Å². The lowest BCUT2D eigenvalue weighted by Gasteiger charge is -2.10. The van der Waals surface area contributed by atoms with E-state index in [1.807, 2.05) is 23.6 Å². The van der Waals surface area contributed by atoms with Crippen LogP contribution in [0.15, 0.2) is 35.7 Å². The lowest BCUT2D eigenvalue weighted by molar-refractivity contribution is 0.614. The summed E-state index contributed by atoms with van der Waals surface area (Å²) in [6.45, 7) is 1.75. The van der Waals surface area contributed by atoms with Gasteiger partial charge in [-0.05, 0) is 35.6 Å². The molecule has 16 heavy (non-hydrogen) atoms. The summed E-state index contributed by atoms with van der Waals surface area (Å²) in [6.07, 6.45) is 0. The van der Waals surface area contributed by atoms with Crippen LogP contribution >= 0.6 is 23.7 Å². The van der Waals surface area contributed by atoms with E-state index in [4.69, 9.17) is 5.73 Å². The fourth-order valence-electron chi connectivity index (χ4n) is 1.44. The zero-order valence-electron chi connectivity index (χ0n) is 8.81. The van der Waals surface area contributed by atoms with Crippen molar-refractivity contribution < 1.29 is 4.39 Å². The van der Waals surface area contributed by atoms with Crippen molar-refractivity contribution in [3.8, 4) is 0 Å². The molecule has 0 fully saturated rings. The van der Waals surface area contributed by atoms with Crippen LogP contribution in [0.4, 0.5) is 4.39 Å². The Bertz CT molecular complexity index is 456. The SMILES string of the molecule is Cc1ccc([C@H](N)c2cccs2)cc1F.Cl. The van der Waals surface area contributed by atoms with Gasteiger partial charge in [0.05, 0.1) is 6.04 Å². The molecule has 86 valence electrons. The predicted molar refractivity (Wildman–Crippen MR) is 68.7 cm³/mol. The average Bonchev–Trinajstić information content (AvgIpc) is 2.74. The van der Waals surface area contributed by atoms with E-state index >= 15 is 0 Å². The highest BCUT2D eigenvalue weighted by Gasteiger charge is 2.10. The van der Waals surface area contributed by atoms with Crippen LogP contribution in [0.2, 0.25) is 0 Å². The van der Waals surface area contributed by atoms with Crippen LogP contribution in [0.1, 0.15) is 22.0 Å². The monoisotopic (exact) mass is 257 g/mol. The quantitative estimate of drug-likeness (QED) is 0.873. The molecule has 0 radical (unpaired) electrons. The normalized spacial score (nSPS) is 11.9. The summed E-state index contributed by atoms with van der Waals surface area (Å²) < 4.78 is 13.3. The summed E-state index contributed by atoms with van der Waals surface area (Å²) in [5.41, 5.74) is 7.49. The molecule has 1 nitrogen and oxygen atoms in total. The van der Waals surface area contributed by atoms with Crippen LogP contribution in [-0.2, 0) is 0 Å². The van der Waals surface area contributed by atoms with Crippen LogP contribution < -0.4 is 5.73 Å². The van der Waals surface area contributed by atoms with Gasteiger partial charge in [0.25, 0.3) is 0 Å². The molecule has 0 amide bonds. The Kier molecular flexibility index (Phi) is 4.47. The molecule has 0 aliphatic heterocycles. The second-order valence-corrected chi connectivity index (χ2v) is 4.48. The van der Waals surface area contributed by atoms with Crippen molar-refractivity contribution in [2.45, 2.75) is 13.0 Å². The first-order valence-electron chi connectivity index (χ1n) is 4.73. The van der Waals surface area contributed by atoms with Crippen molar-refractivity contribution >= 4 is 23.7 Å². The maximum Gasteiger partial charge on any atom is 0.126 e. The third-order valence-corrected chi connectivity index (χ3v) is 3.36. The average molecular weight is 258 g/mol. The van der Waals surface area contributed by atoms with E-state index in [1.165, 1.54) is 6.07 Å². The van der Waals surface area contributed by atoms with Crippen molar-refractivity contribution in [1.82, 2.24) is 0 Å². The molecule has 2 rings (SSSR count). The molecular weight excluding hydrogens is 245 g/mol. The number of thiophene rings is 1. The van der Waals surface area contributed by atoms with E-state index < -0.39 is 0 Å². The number of hydrogen-bond acceptors (Lipinski definition) is 2. The van der Waals surface area contributed by atoms with Gasteiger partial charge in [0.15, 0.2) is 0 Å². The van der Waals surface area contributed by atoms with Gasteiger partial charge >= 0.3 is 0 Å². The minimum absolute atomic E-state index is 0. The molecule has 1 aromatic heterocycles. The van der Waals surface area contributed by atoms with Crippen LogP contribution in [0, 0.1) is 12.7 Å². The summed E-state index contributed by atoms with van der Waals surface area (Å²) in [5, 5.41) is 1.97. The summed E-state index contributed by atoms with van der Waals surface area (Å²) in [4.78, 5) is 1.05. The van der Waals surface area contributed by atoms with Gasteiger partial charge in [0.1, 0.15) is 5.82 Å². The van der Waals surface area contributed by atoms with Gasteiger partial charge in [-0.15, -0.1) is 23.7 Å². The maximum atomic E-state index is 13.3. The molecule has 4 heteroatoms. The lowest BCUT2D eigenvalue weighted by Crippen LogP contribution is -2.10. The van der Waals surface area contributed by atoms with Gasteiger partial charge in [-0.1, -0.05) is 18.2 Å². The van der Waals surface area contributed by atoms with E-state index in [0.717, 1.165) is 10.4 Å². The highest BCUT2D eigenvalue weighted by atomic mass is 35.5. The second kappa shape index (κ2) is 5.43. The topological polar surface area (TPSA) is 26.0 Å². The van der Waals surface area contributed by atoms with Gasteiger partial charge in [-0.3, -0.25) is 0 Å². The summed E-state index contributed by atoms with van der Waals surface area (Å²) in [5.74, 6) is -0.195. The molecule has 1 aromatic carbocycles. The molecule has 0 aliphatic rings. The van der Waals surface area contributed by atoms with Crippen molar-refractivity contribution in [3.05, 3.63) is 57.5 Å².